The molecule has 110 valence electrons. The number of hydrogen-bond donors (Lipinski definition) is 1. The molecule has 21 heavy (non-hydrogen) atoms. The van der Waals surface area contributed by atoms with E-state index < -0.39 is 12.1 Å². The standard InChI is InChI=1S/C17H18O4/c1-12-5-3-6-13(9-12)10-16(17(18)19)21-15-8-4-7-14(11-15)20-2/h3-9,11,16H,10H2,1-2H3,(H,18,19). The van der Waals surface area contributed by atoms with Crippen molar-refractivity contribution in [3.8, 4) is 11.5 Å². The maximum atomic E-state index is 11.4. The number of methoxy groups -OCH3 is 1. The lowest BCUT2D eigenvalue weighted by Gasteiger charge is -2.16. The predicted molar refractivity (Wildman–Crippen MR) is 79.9 cm³/mol. The second kappa shape index (κ2) is 6.79. The van der Waals surface area contributed by atoms with Crippen LogP contribution in [0, 0.1) is 6.92 Å². The molecule has 4 heteroatoms. The Morgan fingerprint density at radius 3 is 2.52 bits per heavy atom. The summed E-state index contributed by atoms with van der Waals surface area (Å²) in [6.07, 6.45) is -0.618. The molecular formula is C17H18O4. The van der Waals surface area contributed by atoms with Crippen LogP contribution in [-0.4, -0.2) is 24.3 Å². The van der Waals surface area contributed by atoms with Gasteiger partial charge >= 0.3 is 5.97 Å². The highest BCUT2D eigenvalue weighted by Gasteiger charge is 2.20. The van der Waals surface area contributed by atoms with Crippen LogP contribution in [0.2, 0.25) is 0 Å². The fraction of sp³-hybridized carbons (Fsp3) is 0.235. The molecule has 2 rings (SSSR count). The Morgan fingerprint density at radius 1 is 1.14 bits per heavy atom. The van der Waals surface area contributed by atoms with Crippen LogP contribution in [-0.2, 0) is 11.2 Å². The van der Waals surface area contributed by atoms with Gasteiger partial charge in [-0.05, 0) is 24.6 Å². The van der Waals surface area contributed by atoms with E-state index >= 15 is 0 Å². The average molecular weight is 286 g/mol. The molecule has 0 fully saturated rings. The molecule has 2 aromatic rings. The Labute approximate surface area is 123 Å². The molecule has 1 atom stereocenters. The fourth-order valence-corrected chi connectivity index (χ4v) is 2.07. The molecule has 0 aliphatic carbocycles. The summed E-state index contributed by atoms with van der Waals surface area (Å²) in [5.74, 6) is 0.126. The maximum absolute atomic E-state index is 11.4. The molecule has 1 N–H and O–H groups in total. The third-order valence-corrected chi connectivity index (χ3v) is 3.10. The molecule has 1 unspecified atom stereocenters. The highest BCUT2D eigenvalue weighted by atomic mass is 16.5. The number of carbonyl (C=O) groups is 1. The third-order valence-electron chi connectivity index (χ3n) is 3.10. The minimum atomic E-state index is -0.987. The van der Waals surface area contributed by atoms with Crippen LogP contribution >= 0.6 is 0 Å². The van der Waals surface area contributed by atoms with Crippen LogP contribution in [0.3, 0.4) is 0 Å². The second-order valence-corrected chi connectivity index (χ2v) is 4.82. The van der Waals surface area contributed by atoms with Crippen LogP contribution < -0.4 is 9.47 Å². The number of benzene rings is 2. The monoisotopic (exact) mass is 286 g/mol. The number of ether oxygens (including phenoxy) is 2. The summed E-state index contributed by atoms with van der Waals surface area (Å²) in [5.41, 5.74) is 2.03. The van der Waals surface area contributed by atoms with Crippen LogP contribution in [0.25, 0.3) is 0 Å². The molecule has 0 saturated carbocycles. The SMILES string of the molecule is COc1cccc(OC(Cc2cccc(C)c2)C(=O)O)c1. The molecule has 0 spiro atoms. The van der Waals surface area contributed by atoms with Crippen molar-refractivity contribution in [2.75, 3.05) is 7.11 Å². The first-order valence-electron chi connectivity index (χ1n) is 6.67. The van der Waals surface area contributed by atoms with E-state index in [1.807, 2.05) is 31.2 Å². The summed E-state index contributed by atoms with van der Waals surface area (Å²) in [6, 6.07) is 14.7. The molecule has 0 aliphatic heterocycles. The molecule has 0 radical (unpaired) electrons. The summed E-state index contributed by atoms with van der Waals surface area (Å²) in [6.45, 7) is 1.97. The maximum Gasteiger partial charge on any atom is 0.345 e. The van der Waals surface area contributed by atoms with Crippen LogP contribution in [0.4, 0.5) is 0 Å². The van der Waals surface area contributed by atoms with Gasteiger partial charge in [-0.3, -0.25) is 0 Å². The molecule has 0 heterocycles. The Kier molecular flexibility index (Phi) is 4.82. The van der Waals surface area contributed by atoms with E-state index in [2.05, 4.69) is 0 Å². The molecule has 2 aromatic carbocycles. The van der Waals surface area contributed by atoms with E-state index in [4.69, 9.17) is 9.47 Å². The summed E-state index contributed by atoms with van der Waals surface area (Å²) in [7, 11) is 1.56. The molecule has 4 nitrogen and oxygen atoms in total. The summed E-state index contributed by atoms with van der Waals surface area (Å²) in [5, 5.41) is 9.34. The average Bonchev–Trinajstić information content (AvgIpc) is 2.47. The van der Waals surface area contributed by atoms with Gasteiger partial charge in [-0.1, -0.05) is 35.9 Å². The lowest BCUT2D eigenvalue weighted by molar-refractivity contribution is -0.145. The lowest BCUT2D eigenvalue weighted by atomic mass is 10.1. The first-order valence-corrected chi connectivity index (χ1v) is 6.67. The number of aryl methyl sites for hydroxylation is 1. The van der Waals surface area contributed by atoms with Gasteiger partial charge in [-0.25, -0.2) is 4.79 Å². The third kappa shape index (κ3) is 4.24. The summed E-state index contributed by atoms with van der Waals surface area (Å²) < 4.78 is 10.7. The number of rotatable bonds is 6. The van der Waals surface area contributed by atoms with Gasteiger partial charge in [0.1, 0.15) is 11.5 Å². The molecule has 0 amide bonds. The number of hydrogen-bond acceptors (Lipinski definition) is 3. The van der Waals surface area contributed by atoms with E-state index in [9.17, 15) is 9.90 Å². The Hall–Kier alpha value is -2.49. The van der Waals surface area contributed by atoms with Gasteiger partial charge in [0.15, 0.2) is 6.10 Å². The highest BCUT2D eigenvalue weighted by molar-refractivity contribution is 5.73. The largest absolute Gasteiger partial charge is 0.497 e. The van der Waals surface area contributed by atoms with Crippen molar-refractivity contribution >= 4 is 5.97 Å². The topological polar surface area (TPSA) is 55.8 Å². The quantitative estimate of drug-likeness (QED) is 0.886. The molecule has 0 saturated heterocycles. The van der Waals surface area contributed by atoms with Crippen molar-refractivity contribution in [1.82, 2.24) is 0 Å². The van der Waals surface area contributed by atoms with Crippen molar-refractivity contribution in [3.05, 3.63) is 59.7 Å². The van der Waals surface area contributed by atoms with Gasteiger partial charge in [0, 0.05) is 12.5 Å². The van der Waals surface area contributed by atoms with Gasteiger partial charge in [-0.2, -0.15) is 0 Å². The van der Waals surface area contributed by atoms with Gasteiger partial charge in [0.05, 0.1) is 7.11 Å². The lowest BCUT2D eigenvalue weighted by Crippen LogP contribution is -2.29. The van der Waals surface area contributed by atoms with Crippen molar-refractivity contribution in [2.45, 2.75) is 19.4 Å². The highest BCUT2D eigenvalue weighted by Crippen LogP contribution is 2.21. The number of carboxylic acids is 1. The number of carboxylic acid groups (broad SMARTS) is 1. The first-order chi connectivity index (χ1) is 10.1. The van der Waals surface area contributed by atoms with Crippen molar-refractivity contribution in [2.24, 2.45) is 0 Å². The summed E-state index contributed by atoms with van der Waals surface area (Å²) in [4.78, 5) is 11.4. The molecule has 0 aliphatic rings. The fourth-order valence-electron chi connectivity index (χ4n) is 2.07. The van der Waals surface area contributed by atoms with E-state index in [0.29, 0.717) is 17.9 Å². The normalized spacial score (nSPS) is 11.7. The van der Waals surface area contributed by atoms with Gasteiger partial charge in [0.25, 0.3) is 0 Å². The van der Waals surface area contributed by atoms with E-state index in [1.165, 1.54) is 0 Å². The Balaban J connectivity index is 2.13. The Morgan fingerprint density at radius 2 is 1.86 bits per heavy atom. The molecular weight excluding hydrogens is 268 g/mol. The number of aliphatic carboxylic acids is 1. The van der Waals surface area contributed by atoms with Crippen LogP contribution in [0.5, 0.6) is 11.5 Å². The van der Waals surface area contributed by atoms with E-state index in [-0.39, 0.29) is 0 Å². The minimum absolute atomic E-state index is 0.314. The van der Waals surface area contributed by atoms with Crippen LogP contribution in [0.15, 0.2) is 48.5 Å². The van der Waals surface area contributed by atoms with Crippen molar-refractivity contribution in [3.63, 3.8) is 0 Å². The smallest absolute Gasteiger partial charge is 0.345 e. The zero-order valence-corrected chi connectivity index (χ0v) is 12.1. The minimum Gasteiger partial charge on any atom is -0.497 e. The molecule has 0 aromatic heterocycles. The predicted octanol–water partition coefficient (Wildman–Crippen LogP) is 3.08. The molecule has 0 bridgehead atoms. The van der Waals surface area contributed by atoms with Crippen molar-refractivity contribution in [1.29, 1.82) is 0 Å². The second-order valence-electron chi connectivity index (χ2n) is 4.82. The summed E-state index contributed by atoms with van der Waals surface area (Å²) >= 11 is 0. The van der Waals surface area contributed by atoms with Gasteiger partial charge in [-0.15, -0.1) is 0 Å². The Bertz CT molecular complexity index is 622. The van der Waals surface area contributed by atoms with Crippen LogP contribution in [0.1, 0.15) is 11.1 Å². The van der Waals surface area contributed by atoms with Crippen molar-refractivity contribution < 1.29 is 19.4 Å². The zero-order valence-electron chi connectivity index (χ0n) is 12.1. The van der Waals surface area contributed by atoms with Gasteiger partial charge < -0.3 is 14.6 Å². The van der Waals surface area contributed by atoms with Gasteiger partial charge in [0.2, 0.25) is 0 Å². The zero-order chi connectivity index (χ0) is 15.2. The first kappa shape index (κ1) is 14.9. The van der Waals surface area contributed by atoms with E-state index in [0.717, 1.165) is 11.1 Å². The van der Waals surface area contributed by atoms with E-state index in [1.54, 1.807) is 31.4 Å².